The number of nitrogens with zero attached hydrogens (tertiary/aromatic N) is 2. The minimum Gasteiger partial charge on any atom is -0.371 e. The number of nitrogens with two attached hydrogens (primary N) is 1. The van der Waals surface area contributed by atoms with Crippen LogP contribution < -0.4 is 5.73 Å². The van der Waals surface area contributed by atoms with Gasteiger partial charge in [-0.25, -0.2) is 0 Å². The van der Waals surface area contributed by atoms with Crippen LogP contribution in [0.5, 0.6) is 0 Å². The van der Waals surface area contributed by atoms with Gasteiger partial charge in [-0.3, -0.25) is 24.2 Å². The van der Waals surface area contributed by atoms with E-state index in [4.69, 9.17) is 5.73 Å². The van der Waals surface area contributed by atoms with Gasteiger partial charge < -0.3 is 10.6 Å². The normalized spacial score (nSPS) is 22.2. The molecule has 0 aromatic rings. The standard InChI is InChI=1S/C24H37N3O4/c1-15(21-17(28)11-23(3,4)12-18(21)29)26-8-10-27(9-7-25)16(2)22-19(30)13-24(5,6)14-20(22)31/h21H,7-14,25H2,1-6H3. The van der Waals surface area contributed by atoms with E-state index in [0.717, 1.165) is 0 Å². The molecule has 2 aliphatic carbocycles. The van der Waals surface area contributed by atoms with E-state index in [9.17, 15) is 19.2 Å². The lowest BCUT2D eigenvalue weighted by molar-refractivity contribution is -0.136. The molecule has 0 unspecified atom stereocenters. The zero-order chi connectivity index (χ0) is 23.6. The van der Waals surface area contributed by atoms with Gasteiger partial charge in [-0.1, -0.05) is 27.7 Å². The average molecular weight is 432 g/mol. The number of carbonyl (C=O) groups excluding carboxylic acids is 4. The van der Waals surface area contributed by atoms with Crippen LogP contribution in [-0.2, 0) is 19.2 Å². The first kappa shape index (κ1) is 25.1. The number of rotatable bonds is 7. The summed E-state index contributed by atoms with van der Waals surface area (Å²) in [5, 5.41) is 0. The molecule has 0 saturated heterocycles. The first-order valence-corrected chi connectivity index (χ1v) is 11.1. The zero-order valence-corrected chi connectivity index (χ0v) is 19.8. The molecule has 0 heterocycles. The summed E-state index contributed by atoms with van der Waals surface area (Å²) < 4.78 is 0. The van der Waals surface area contributed by atoms with Crippen LogP contribution in [0, 0.1) is 16.7 Å². The molecule has 7 heteroatoms. The lowest BCUT2D eigenvalue weighted by Gasteiger charge is -2.33. The Morgan fingerprint density at radius 1 is 0.903 bits per heavy atom. The molecular weight excluding hydrogens is 394 g/mol. The first-order chi connectivity index (χ1) is 14.3. The van der Waals surface area contributed by atoms with Crippen molar-refractivity contribution in [2.75, 3.05) is 26.2 Å². The Morgan fingerprint density at radius 3 is 1.87 bits per heavy atom. The third-order valence-electron chi connectivity index (χ3n) is 6.17. The predicted octanol–water partition coefficient (Wildman–Crippen LogP) is 2.51. The topological polar surface area (TPSA) is 110 Å². The fraction of sp³-hybridized carbons (Fsp3) is 0.708. The maximum absolute atomic E-state index is 12.6. The van der Waals surface area contributed by atoms with Gasteiger partial charge in [0, 0.05) is 56.7 Å². The van der Waals surface area contributed by atoms with Crippen LogP contribution in [0.4, 0.5) is 0 Å². The van der Waals surface area contributed by atoms with Crippen LogP contribution in [0.25, 0.3) is 0 Å². The summed E-state index contributed by atoms with van der Waals surface area (Å²) in [6.07, 6.45) is 1.45. The van der Waals surface area contributed by atoms with Gasteiger partial charge >= 0.3 is 0 Å². The Kier molecular flexibility index (Phi) is 7.74. The molecule has 0 amide bonds. The minimum absolute atomic E-state index is 0.0689. The molecule has 0 aliphatic heterocycles. The van der Waals surface area contributed by atoms with Crippen LogP contribution in [-0.4, -0.2) is 59.9 Å². The van der Waals surface area contributed by atoms with Gasteiger partial charge in [0.15, 0.2) is 11.6 Å². The summed E-state index contributed by atoms with van der Waals surface area (Å²) in [6, 6.07) is 0. The predicted molar refractivity (Wildman–Crippen MR) is 121 cm³/mol. The third kappa shape index (κ3) is 6.19. The van der Waals surface area contributed by atoms with Gasteiger partial charge in [0.1, 0.15) is 17.5 Å². The summed E-state index contributed by atoms with van der Waals surface area (Å²) in [6.45, 7) is 12.9. The van der Waals surface area contributed by atoms with Crippen LogP contribution in [0.3, 0.4) is 0 Å². The average Bonchev–Trinajstić information content (AvgIpc) is 2.57. The molecule has 2 N–H and O–H groups in total. The van der Waals surface area contributed by atoms with Gasteiger partial charge in [-0.05, 0) is 24.7 Å². The van der Waals surface area contributed by atoms with E-state index < -0.39 is 5.92 Å². The summed E-state index contributed by atoms with van der Waals surface area (Å²) in [7, 11) is 0. The Morgan fingerprint density at radius 2 is 1.39 bits per heavy atom. The second-order valence-electron chi connectivity index (χ2n) is 10.5. The lowest BCUT2D eigenvalue weighted by atomic mass is 9.70. The monoisotopic (exact) mass is 431 g/mol. The Bertz CT molecular complexity index is 794. The summed E-state index contributed by atoms with van der Waals surface area (Å²) in [4.78, 5) is 56.7. The van der Waals surface area contributed by atoms with Crippen molar-refractivity contribution < 1.29 is 19.2 Å². The van der Waals surface area contributed by atoms with Crippen molar-refractivity contribution in [1.82, 2.24) is 4.90 Å². The molecule has 0 atom stereocenters. The zero-order valence-electron chi connectivity index (χ0n) is 19.8. The summed E-state index contributed by atoms with van der Waals surface area (Å²) >= 11 is 0. The fourth-order valence-corrected chi connectivity index (χ4v) is 4.72. The van der Waals surface area contributed by atoms with Crippen molar-refractivity contribution in [2.45, 2.75) is 67.2 Å². The van der Waals surface area contributed by atoms with E-state index >= 15 is 0 Å². The van der Waals surface area contributed by atoms with E-state index in [-0.39, 0.29) is 39.5 Å². The molecule has 2 fully saturated rings. The highest BCUT2D eigenvalue weighted by Gasteiger charge is 2.41. The molecule has 7 nitrogen and oxygen atoms in total. The lowest BCUT2D eigenvalue weighted by Crippen LogP contribution is -2.41. The molecular formula is C24H37N3O4. The Labute approximate surface area is 185 Å². The number of ketones is 4. The quantitative estimate of drug-likeness (QED) is 0.287. The summed E-state index contributed by atoms with van der Waals surface area (Å²) in [5.74, 6) is -1.14. The van der Waals surface area contributed by atoms with Crippen molar-refractivity contribution in [3.63, 3.8) is 0 Å². The number of allylic oxidation sites excluding steroid dienone is 2. The van der Waals surface area contributed by atoms with E-state index in [1.165, 1.54) is 0 Å². The van der Waals surface area contributed by atoms with E-state index in [1.807, 2.05) is 32.6 Å². The number of aliphatic imine (C=N–C) groups is 1. The van der Waals surface area contributed by atoms with Crippen molar-refractivity contribution in [3.05, 3.63) is 11.3 Å². The molecule has 0 aromatic carbocycles. The molecule has 2 aliphatic rings. The van der Waals surface area contributed by atoms with E-state index in [2.05, 4.69) is 4.99 Å². The second kappa shape index (κ2) is 9.55. The second-order valence-corrected chi connectivity index (χ2v) is 10.5. The smallest absolute Gasteiger partial charge is 0.168 e. The van der Waals surface area contributed by atoms with Crippen molar-refractivity contribution in [2.24, 2.45) is 27.5 Å². The molecule has 2 rings (SSSR count). The highest BCUT2D eigenvalue weighted by atomic mass is 16.2. The first-order valence-electron chi connectivity index (χ1n) is 11.1. The van der Waals surface area contributed by atoms with Gasteiger partial charge in [-0.2, -0.15) is 0 Å². The van der Waals surface area contributed by atoms with E-state index in [1.54, 1.807) is 13.8 Å². The molecule has 0 spiro atoms. The molecule has 172 valence electrons. The number of hydrogen-bond donors (Lipinski definition) is 1. The maximum Gasteiger partial charge on any atom is 0.168 e. The molecule has 2 saturated carbocycles. The van der Waals surface area contributed by atoms with Gasteiger partial charge in [0.25, 0.3) is 0 Å². The van der Waals surface area contributed by atoms with Gasteiger partial charge in [0.2, 0.25) is 0 Å². The van der Waals surface area contributed by atoms with Crippen molar-refractivity contribution in [3.8, 4) is 0 Å². The number of hydrogen-bond acceptors (Lipinski definition) is 7. The Balaban J connectivity index is 2.14. The largest absolute Gasteiger partial charge is 0.371 e. The highest BCUT2D eigenvalue weighted by Crippen LogP contribution is 2.36. The number of carbonyl (C=O) groups is 4. The van der Waals surface area contributed by atoms with Gasteiger partial charge in [-0.15, -0.1) is 0 Å². The third-order valence-corrected chi connectivity index (χ3v) is 6.17. The minimum atomic E-state index is -0.751. The van der Waals surface area contributed by atoms with E-state index in [0.29, 0.717) is 63.3 Å². The molecule has 0 aromatic heterocycles. The van der Waals surface area contributed by atoms with Crippen molar-refractivity contribution in [1.29, 1.82) is 0 Å². The molecule has 31 heavy (non-hydrogen) atoms. The van der Waals surface area contributed by atoms with Crippen LogP contribution in [0.1, 0.15) is 67.2 Å². The fourth-order valence-electron chi connectivity index (χ4n) is 4.72. The highest BCUT2D eigenvalue weighted by molar-refractivity contribution is 6.23. The van der Waals surface area contributed by atoms with Crippen molar-refractivity contribution >= 4 is 28.8 Å². The molecule has 0 radical (unpaired) electrons. The molecule has 0 bridgehead atoms. The van der Waals surface area contributed by atoms with Crippen LogP contribution >= 0.6 is 0 Å². The van der Waals surface area contributed by atoms with Crippen LogP contribution in [0.2, 0.25) is 0 Å². The SMILES string of the molecule is CC(=NCCN(CCN)C(C)=C1C(=O)CC(C)(C)CC1=O)C1C(=O)CC(C)(C)CC1=O. The summed E-state index contributed by atoms with van der Waals surface area (Å²) in [5.41, 5.74) is 6.60. The Hall–Kier alpha value is -2.15. The van der Waals surface area contributed by atoms with Crippen LogP contribution in [0.15, 0.2) is 16.3 Å². The van der Waals surface area contributed by atoms with Gasteiger partial charge in [0.05, 0.1) is 12.1 Å². The maximum atomic E-state index is 12.6. The number of Topliss-reactive ketones (excluding diaryl/α,β-unsaturated/α-hetero) is 4.